The van der Waals surface area contributed by atoms with Gasteiger partial charge in [-0.25, -0.2) is 8.42 Å². The predicted molar refractivity (Wildman–Crippen MR) is 119 cm³/mol. The summed E-state index contributed by atoms with van der Waals surface area (Å²) in [5, 5.41) is 10.2. The Morgan fingerprint density at radius 3 is 2.23 bits per heavy atom. The van der Waals surface area contributed by atoms with Crippen molar-refractivity contribution in [2.45, 2.75) is 27.1 Å². The molecule has 0 saturated carbocycles. The fraction of sp³-hybridized carbons (Fsp3) is 0.136. The molecule has 156 valence electrons. The number of hydrogen-bond donors (Lipinski definition) is 1. The number of nitrogens with zero attached hydrogens (tertiary/aromatic N) is 1. The molecule has 8 heteroatoms. The second kappa shape index (κ2) is 9.66. The Morgan fingerprint density at radius 1 is 1.00 bits per heavy atom. The van der Waals surface area contributed by atoms with Crippen LogP contribution in [0.2, 0.25) is 5.02 Å². The molecule has 3 rings (SSSR count). The van der Waals surface area contributed by atoms with Crippen LogP contribution in [-0.2, 0) is 21.2 Å². The first-order valence-electron chi connectivity index (χ1n) is 9.06. The van der Waals surface area contributed by atoms with Gasteiger partial charge in [-0.3, -0.25) is 4.79 Å². The summed E-state index contributed by atoms with van der Waals surface area (Å²) >= 11 is 7.35. The van der Waals surface area contributed by atoms with Gasteiger partial charge in [0.1, 0.15) is 6.04 Å². The minimum absolute atomic E-state index is 0.00686. The van der Waals surface area contributed by atoms with E-state index in [-0.39, 0.29) is 11.3 Å². The van der Waals surface area contributed by atoms with Crippen LogP contribution in [0.4, 0.5) is 0 Å². The number of carbonyl (C=O) groups is 1. The number of benzene rings is 3. The van der Waals surface area contributed by atoms with Crippen LogP contribution in [0.5, 0.6) is 0 Å². The third kappa shape index (κ3) is 5.23. The van der Waals surface area contributed by atoms with E-state index in [1.807, 2.05) is 54.6 Å². The summed E-state index contributed by atoms with van der Waals surface area (Å²) < 4.78 is 26.8. The van der Waals surface area contributed by atoms with E-state index in [4.69, 9.17) is 11.6 Å². The van der Waals surface area contributed by atoms with Gasteiger partial charge in [0.2, 0.25) is 10.0 Å². The van der Waals surface area contributed by atoms with E-state index < -0.39 is 22.0 Å². The maximum absolute atomic E-state index is 13.0. The van der Waals surface area contributed by atoms with Crippen molar-refractivity contribution in [2.24, 2.45) is 0 Å². The van der Waals surface area contributed by atoms with Crippen molar-refractivity contribution < 1.29 is 18.3 Å². The number of sulfonamides is 1. The van der Waals surface area contributed by atoms with Gasteiger partial charge in [0.15, 0.2) is 0 Å². The first kappa shape index (κ1) is 22.4. The maximum Gasteiger partial charge on any atom is 0.322 e. The van der Waals surface area contributed by atoms with Gasteiger partial charge >= 0.3 is 5.97 Å². The number of hydrogen-bond acceptors (Lipinski definition) is 4. The first-order chi connectivity index (χ1) is 14.3. The van der Waals surface area contributed by atoms with Gasteiger partial charge in [0, 0.05) is 28.3 Å². The van der Waals surface area contributed by atoms with Gasteiger partial charge in [-0.1, -0.05) is 59.8 Å². The van der Waals surface area contributed by atoms with Crippen LogP contribution in [0, 0.1) is 0 Å². The number of aliphatic carboxylic acids is 1. The van der Waals surface area contributed by atoms with Crippen LogP contribution in [0.1, 0.15) is 5.56 Å². The number of likely N-dealkylation sites (N-methyl/N-ethyl adjacent to an activating group) is 1. The van der Waals surface area contributed by atoms with Gasteiger partial charge in [0.25, 0.3) is 0 Å². The fourth-order valence-corrected chi connectivity index (χ4v) is 5.32. The van der Waals surface area contributed by atoms with E-state index >= 15 is 0 Å². The lowest BCUT2D eigenvalue weighted by atomic mass is 10.1. The zero-order valence-corrected chi connectivity index (χ0v) is 18.5. The highest BCUT2D eigenvalue weighted by Gasteiger charge is 2.33. The van der Waals surface area contributed by atoms with E-state index in [0.29, 0.717) is 5.02 Å². The van der Waals surface area contributed by atoms with Crippen molar-refractivity contribution in [2.75, 3.05) is 7.05 Å². The zero-order valence-electron chi connectivity index (χ0n) is 16.1. The van der Waals surface area contributed by atoms with Crippen molar-refractivity contribution in [3.8, 4) is 0 Å². The summed E-state index contributed by atoms with van der Waals surface area (Å²) in [6.45, 7) is 0. The number of carboxylic acids is 1. The number of carboxylic acid groups (broad SMARTS) is 1. The van der Waals surface area contributed by atoms with Crippen molar-refractivity contribution in [3.05, 3.63) is 89.4 Å². The highest BCUT2D eigenvalue weighted by molar-refractivity contribution is 7.99. The largest absolute Gasteiger partial charge is 0.480 e. The van der Waals surface area contributed by atoms with Gasteiger partial charge in [-0.15, -0.1) is 0 Å². The molecule has 0 aromatic heterocycles. The third-order valence-corrected chi connectivity index (χ3v) is 7.83. The molecule has 0 amide bonds. The van der Waals surface area contributed by atoms with Crippen LogP contribution >= 0.6 is 23.4 Å². The zero-order chi connectivity index (χ0) is 21.7. The van der Waals surface area contributed by atoms with Crippen molar-refractivity contribution in [1.29, 1.82) is 0 Å². The lowest BCUT2D eigenvalue weighted by Crippen LogP contribution is -2.43. The SMILES string of the molecule is CN(C(Cc1ccccc1Sc1ccccc1)C(=O)O)S(=O)(=O)c1ccc(Cl)cc1. The van der Waals surface area contributed by atoms with Gasteiger partial charge < -0.3 is 5.11 Å². The molecule has 0 saturated heterocycles. The maximum atomic E-state index is 13.0. The second-order valence-corrected chi connectivity index (χ2v) is 10.1. The molecule has 0 aliphatic carbocycles. The van der Waals surface area contributed by atoms with Gasteiger partial charge in [-0.05, 0) is 48.0 Å². The first-order valence-corrected chi connectivity index (χ1v) is 11.7. The Hall–Kier alpha value is -2.32. The average Bonchev–Trinajstić information content (AvgIpc) is 2.73. The minimum atomic E-state index is -4.00. The molecule has 30 heavy (non-hydrogen) atoms. The monoisotopic (exact) mass is 461 g/mol. The van der Waals surface area contributed by atoms with Crippen LogP contribution in [0.25, 0.3) is 0 Å². The average molecular weight is 462 g/mol. The summed E-state index contributed by atoms with van der Waals surface area (Å²) in [4.78, 5) is 13.9. The summed E-state index contributed by atoms with van der Waals surface area (Å²) in [6.07, 6.45) is 0.0364. The van der Waals surface area contributed by atoms with Crippen LogP contribution in [0.15, 0.2) is 93.5 Å². The molecule has 3 aromatic rings. The van der Waals surface area contributed by atoms with E-state index in [2.05, 4.69) is 0 Å². The molecular formula is C22H20ClNO4S2. The Bertz CT molecular complexity index is 1120. The molecule has 3 aromatic carbocycles. The molecule has 0 aliphatic heterocycles. The molecule has 0 aliphatic rings. The lowest BCUT2D eigenvalue weighted by Gasteiger charge is -2.25. The predicted octanol–water partition coefficient (Wildman–Crippen LogP) is 4.81. The third-order valence-electron chi connectivity index (χ3n) is 4.57. The van der Waals surface area contributed by atoms with Crippen LogP contribution in [0.3, 0.4) is 0 Å². The van der Waals surface area contributed by atoms with Gasteiger partial charge in [0.05, 0.1) is 4.90 Å². The summed E-state index contributed by atoms with van der Waals surface area (Å²) in [5.41, 5.74) is 0.761. The highest BCUT2D eigenvalue weighted by atomic mass is 35.5. The van der Waals surface area contributed by atoms with Gasteiger partial charge in [-0.2, -0.15) is 4.31 Å². The molecule has 0 radical (unpaired) electrons. The molecule has 0 spiro atoms. The molecule has 0 heterocycles. The topological polar surface area (TPSA) is 74.7 Å². The highest BCUT2D eigenvalue weighted by Crippen LogP contribution is 2.31. The Balaban J connectivity index is 1.89. The molecule has 5 nitrogen and oxygen atoms in total. The molecule has 1 N–H and O–H groups in total. The Kier molecular flexibility index (Phi) is 7.20. The smallest absolute Gasteiger partial charge is 0.322 e. The van der Waals surface area contributed by atoms with E-state index in [1.54, 1.807) is 0 Å². The molecular weight excluding hydrogens is 442 g/mol. The summed E-state index contributed by atoms with van der Waals surface area (Å²) in [5.74, 6) is -1.21. The number of halogens is 1. The second-order valence-electron chi connectivity index (χ2n) is 6.56. The summed E-state index contributed by atoms with van der Waals surface area (Å²) in [7, 11) is -2.72. The molecule has 0 fully saturated rings. The van der Waals surface area contributed by atoms with E-state index in [1.165, 1.54) is 43.1 Å². The van der Waals surface area contributed by atoms with E-state index in [0.717, 1.165) is 19.7 Å². The molecule has 1 atom stereocenters. The molecule has 1 unspecified atom stereocenters. The van der Waals surface area contributed by atoms with Crippen molar-refractivity contribution in [3.63, 3.8) is 0 Å². The summed E-state index contributed by atoms with van der Waals surface area (Å²) in [6, 6.07) is 21.5. The molecule has 0 bridgehead atoms. The Morgan fingerprint density at radius 2 is 1.60 bits per heavy atom. The Labute approximate surface area is 185 Å². The van der Waals surface area contributed by atoms with Crippen LogP contribution < -0.4 is 0 Å². The van der Waals surface area contributed by atoms with Crippen molar-refractivity contribution in [1.82, 2.24) is 4.31 Å². The standard InChI is InChI=1S/C22H20ClNO4S2/c1-24(30(27,28)19-13-11-17(23)12-14-19)20(22(25)26)15-16-7-5-6-10-21(16)29-18-8-3-2-4-9-18/h2-14,20H,15H2,1H3,(H,25,26). The van der Waals surface area contributed by atoms with Crippen molar-refractivity contribution >= 4 is 39.4 Å². The lowest BCUT2D eigenvalue weighted by molar-refractivity contribution is -0.141. The fourth-order valence-electron chi connectivity index (χ4n) is 2.91. The quantitative estimate of drug-likeness (QED) is 0.521. The van der Waals surface area contributed by atoms with E-state index in [9.17, 15) is 18.3 Å². The normalized spacial score (nSPS) is 12.6. The minimum Gasteiger partial charge on any atom is -0.480 e. The number of rotatable bonds is 8. The van der Waals surface area contributed by atoms with Crippen LogP contribution in [-0.4, -0.2) is 36.9 Å².